The molecule has 19 heavy (non-hydrogen) atoms. The van der Waals surface area contributed by atoms with Crippen LogP contribution < -0.4 is 0 Å². The fraction of sp³-hybridized carbons (Fsp3) is 0.438. The van der Waals surface area contributed by atoms with E-state index >= 15 is 0 Å². The zero-order chi connectivity index (χ0) is 14.0. The Kier molecular flexibility index (Phi) is 3.93. The number of aliphatic carboxylic acids is 1. The summed E-state index contributed by atoms with van der Waals surface area (Å²) in [5.41, 5.74) is 1.76. The summed E-state index contributed by atoms with van der Waals surface area (Å²) >= 11 is 0. The summed E-state index contributed by atoms with van der Waals surface area (Å²) in [6.07, 6.45) is 1.24. The van der Waals surface area contributed by atoms with E-state index in [0.29, 0.717) is 12.2 Å². The van der Waals surface area contributed by atoms with Gasteiger partial charge in [-0.05, 0) is 24.0 Å². The lowest BCUT2D eigenvalue weighted by atomic mass is 9.68. The molecule has 2 N–H and O–H groups in total. The molecular weight excluding hydrogens is 240 g/mol. The molecule has 0 spiro atoms. The summed E-state index contributed by atoms with van der Waals surface area (Å²) in [6, 6.07) is 9.62. The first-order valence-electron chi connectivity index (χ1n) is 6.72. The predicted molar refractivity (Wildman–Crippen MR) is 74.0 cm³/mol. The van der Waals surface area contributed by atoms with Crippen LogP contribution in [0.25, 0.3) is 0 Å². The largest absolute Gasteiger partial charge is 0.512 e. The van der Waals surface area contributed by atoms with E-state index in [1.165, 1.54) is 0 Å². The van der Waals surface area contributed by atoms with Crippen LogP contribution in [0.3, 0.4) is 0 Å². The van der Waals surface area contributed by atoms with E-state index in [9.17, 15) is 15.0 Å². The fourth-order valence-corrected chi connectivity index (χ4v) is 3.12. The highest BCUT2D eigenvalue weighted by molar-refractivity contribution is 5.73. The Morgan fingerprint density at radius 3 is 2.47 bits per heavy atom. The molecule has 1 aliphatic carbocycles. The second-order valence-corrected chi connectivity index (χ2v) is 5.25. The van der Waals surface area contributed by atoms with Crippen molar-refractivity contribution < 1.29 is 15.0 Å². The Bertz CT molecular complexity index is 490. The van der Waals surface area contributed by atoms with E-state index in [2.05, 4.69) is 0 Å². The lowest BCUT2D eigenvalue weighted by Gasteiger charge is -2.36. The van der Waals surface area contributed by atoms with E-state index in [1.54, 1.807) is 0 Å². The fourth-order valence-electron chi connectivity index (χ4n) is 3.12. The van der Waals surface area contributed by atoms with Gasteiger partial charge in [-0.3, -0.25) is 4.79 Å². The highest BCUT2D eigenvalue weighted by atomic mass is 16.4. The van der Waals surface area contributed by atoms with Crippen LogP contribution in [0.15, 0.2) is 41.7 Å². The molecule has 0 radical (unpaired) electrons. The van der Waals surface area contributed by atoms with Crippen molar-refractivity contribution in [3.63, 3.8) is 0 Å². The van der Waals surface area contributed by atoms with E-state index < -0.39 is 11.9 Å². The summed E-state index contributed by atoms with van der Waals surface area (Å²) in [4.78, 5) is 11.7. The van der Waals surface area contributed by atoms with Gasteiger partial charge in [-0.1, -0.05) is 43.7 Å². The number of benzene rings is 1. The minimum atomic E-state index is -0.771. The molecule has 3 atom stereocenters. The van der Waals surface area contributed by atoms with E-state index in [-0.39, 0.29) is 11.8 Å². The topological polar surface area (TPSA) is 57.5 Å². The molecule has 102 valence electrons. The summed E-state index contributed by atoms with van der Waals surface area (Å²) < 4.78 is 0. The number of carboxylic acids is 1. The SMILES string of the molecule is CCC1CC(O)=C(C)C(c2ccccc2)C1C(=O)O. The molecule has 0 heterocycles. The van der Waals surface area contributed by atoms with Crippen LogP contribution in [-0.4, -0.2) is 16.2 Å². The second-order valence-electron chi connectivity index (χ2n) is 5.25. The van der Waals surface area contributed by atoms with E-state index in [1.807, 2.05) is 44.2 Å². The van der Waals surface area contributed by atoms with Crippen molar-refractivity contribution in [3.05, 3.63) is 47.2 Å². The van der Waals surface area contributed by atoms with Crippen molar-refractivity contribution in [2.75, 3.05) is 0 Å². The molecule has 0 amide bonds. The third-order valence-corrected chi connectivity index (χ3v) is 4.21. The number of aliphatic hydroxyl groups excluding tert-OH is 1. The van der Waals surface area contributed by atoms with Gasteiger partial charge >= 0.3 is 5.97 Å². The molecule has 2 rings (SSSR count). The minimum absolute atomic E-state index is 0.00796. The monoisotopic (exact) mass is 260 g/mol. The second kappa shape index (κ2) is 5.47. The normalized spacial score (nSPS) is 27.4. The number of allylic oxidation sites excluding steroid dienone is 2. The minimum Gasteiger partial charge on any atom is -0.512 e. The van der Waals surface area contributed by atoms with Gasteiger partial charge in [0.15, 0.2) is 0 Å². The molecule has 3 heteroatoms. The molecule has 0 bridgehead atoms. The van der Waals surface area contributed by atoms with Gasteiger partial charge in [0.1, 0.15) is 0 Å². The molecule has 1 aliphatic rings. The number of hydrogen-bond acceptors (Lipinski definition) is 2. The maximum Gasteiger partial charge on any atom is 0.307 e. The molecule has 0 saturated carbocycles. The van der Waals surface area contributed by atoms with Gasteiger partial charge in [0.2, 0.25) is 0 Å². The van der Waals surface area contributed by atoms with Gasteiger partial charge in [0, 0.05) is 12.3 Å². The molecule has 3 nitrogen and oxygen atoms in total. The Hall–Kier alpha value is -1.77. The molecule has 1 aromatic carbocycles. The highest BCUT2D eigenvalue weighted by Crippen LogP contribution is 2.45. The van der Waals surface area contributed by atoms with Gasteiger partial charge in [-0.15, -0.1) is 0 Å². The number of aliphatic hydroxyl groups is 1. The molecular formula is C16H20O3. The van der Waals surface area contributed by atoms with Crippen LogP contribution in [-0.2, 0) is 4.79 Å². The molecule has 0 aromatic heterocycles. The quantitative estimate of drug-likeness (QED) is 0.870. The number of hydrogen-bond donors (Lipinski definition) is 2. The van der Waals surface area contributed by atoms with Crippen LogP contribution in [0, 0.1) is 11.8 Å². The molecule has 0 aliphatic heterocycles. The van der Waals surface area contributed by atoms with Gasteiger partial charge in [0.05, 0.1) is 11.7 Å². The zero-order valence-corrected chi connectivity index (χ0v) is 11.3. The molecule has 0 saturated heterocycles. The first-order valence-corrected chi connectivity index (χ1v) is 6.72. The van der Waals surface area contributed by atoms with Crippen molar-refractivity contribution in [3.8, 4) is 0 Å². The lowest BCUT2D eigenvalue weighted by Crippen LogP contribution is -2.34. The number of rotatable bonds is 3. The predicted octanol–water partition coefficient (Wildman–Crippen LogP) is 3.73. The summed E-state index contributed by atoms with van der Waals surface area (Å²) in [6.45, 7) is 3.82. The van der Waals surface area contributed by atoms with Crippen LogP contribution in [0.4, 0.5) is 0 Å². The molecule has 0 fully saturated rings. The Morgan fingerprint density at radius 1 is 1.32 bits per heavy atom. The van der Waals surface area contributed by atoms with Gasteiger partial charge in [-0.25, -0.2) is 0 Å². The zero-order valence-electron chi connectivity index (χ0n) is 11.3. The van der Waals surface area contributed by atoms with Gasteiger partial charge in [0.25, 0.3) is 0 Å². The van der Waals surface area contributed by atoms with Crippen molar-refractivity contribution >= 4 is 5.97 Å². The van der Waals surface area contributed by atoms with Crippen LogP contribution in [0.2, 0.25) is 0 Å². The Balaban J connectivity index is 2.51. The average molecular weight is 260 g/mol. The molecule has 1 aromatic rings. The van der Waals surface area contributed by atoms with Gasteiger partial charge in [-0.2, -0.15) is 0 Å². The first-order chi connectivity index (χ1) is 9.06. The van der Waals surface area contributed by atoms with Crippen molar-refractivity contribution in [1.82, 2.24) is 0 Å². The maximum absolute atomic E-state index is 11.7. The maximum atomic E-state index is 11.7. The van der Waals surface area contributed by atoms with Crippen LogP contribution >= 0.6 is 0 Å². The number of carbonyl (C=O) groups is 1. The smallest absolute Gasteiger partial charge is 0.307 e. The van der Waals surface area contributed by atoms with E-state index in [0.717, 1.165) is 17.6 Å². The van der Waals surface area contributed by atoms with Crippen LogP contribution in [0.1, 0.15) is 38.2 Å². The summed E-state index contributed by atoms with van der Waals surface area (Å²) in [7, 11) is 0. The lowest BCUT2D eigenvalue weighted by molar-refractivity contribution is -0.144. The summed E-state index contributed by atoms with van der Waals surface area (Å²) in [5.74, 6) is -1.10. The third kappa shape index (κ3) is 2.50. The number of carboxylic acid groups (broad SMARTS) is 1. The third-order valence-electron chi connectivity index (χ3n) is 4.21. The van der Waals surface area contributed by atoms with Crippen molar-refractivity contribution in [1.29, 1.82) is 0 Å². The summed E-state index contributed by atoms with van der Waals surface area (Å²) in [5, 5.41) is 19.7. The standard InChI is InChI=1S/C16H20O3/c1-3-11-9-13(17)10(2)14(15(11)16(18)19)12-7-5-4-6-8-12/h4-8,11,14-15,17H,3,9H2,1-2H3,(H,18,19). The Labute approximate surface area is 113 Å². The van der Waals surface area contributed by atoms with Crippen molar-refractivity contribution in [2.45, 2.75) is 32.6 Å². The van der Waals surface area contributed by atoms with E-state index in [4.69, 9.17) is 0 Å². The van der Waals surface area contributed by atoms with Gasteiger partial charge < -0.3 is 10.2 Å². The first kappa shape index (κ1) is 13.7. The average Bonchev–Trinajstić information content (AvgIpc) is 2.41. The van der Waals surface area contributed by atoms with Crippen LogP contribution in [0.5, 0.6) is 0 Å². The highest BCUT2D eigenvalue weighted by Gasteiger charge is 2.41. The Morgan fingerprint density at radius 2 is 1.95 bits per heavy atom. The van der Waals surface area contributed by atoms with Crippen molar-refractivity contribution in [2.24, 2.45) is 11.8 Å². The molecule has 3 unspecified atom stereocenters.